The van der Waals surface area contributed by atoms with Gasteiger partial charge in [0.05, 0.1) is 5.69 Å². The van der Waals surface area contributed by atoms with Crippen LogP contribution in [0.4, 0.5) is 0 Å². The minimum absolute atomic E-state index is 0. The number of hydrogen-bond donors (Lipinski definition) is 3. The topological polar surface area (TPSA) is 91.6 Å². The van der Waals surface area contributed by atoms with E-state index in [-0.39, 0.29) is 35.8 Å². The lowest BCUT2D eigenvalue weighted by atomic mass is 9.85. The molecule has 160 valence electrons. The average Bonchev–Trinajstić information content (AvgIpc) is 3.07. The third-order valence-electron chi connectivity index (χ3n) is 5.14. The molecule has 0 atom stereocenters. The number of guanidine groups is 1. The van der Waals surface area contributed by atoms with E-state index in [0.717, 1.165) is 62.6 Å². The monoisotopic (exact) mass is 505 g/mol. The molecule has 1 saturated carbocycles. The van der Waals surface area contributed by atoms with Gasteiger partial charge in [-0.1, -0.05) is 25.4 Å². The van der Waals surface area contributed by atoms with Crippen molar-refractivity contribution in [3.63, 3.8) is 0 Å². The van der Waals surface area contributed by atoms with Crippen LogP contribution in [0, 0.1) is 5.92 Å². The van der Waals surface area contributed by atoms with Crippen molar-refractivity contribution in [1.82, 2.24) is 21.1 Å². The Labute approximate surface area is 185 Å². The van der Waals surface area contributed by atoms with Gasteiger partial charge in [-0.3, -0.25) is 4.79 Å². The first-order valence-corrected chi connectivity index (χ1v) is 10.4. The van der Waals surface area contributed by atoms with Crippen LogP contribution in [-0.2, 0) is 11.3 Å². The van der Waals surface area contributed by atoms with E-state index >= 15 is 0 Å². The fraction of sp³-hybridized carbons (Fsp3) is 0.750. The van der Waals surface area contributed by atoms with Gasteiger partial charge in [0, 0.05) is 37.5 Å². The molecule has 3 N–H and O–H groups in total. The van der Waals surface area contributed by atoms with Crippen molar-refractivity contribution in [2.75, 3.05) is 19.6 Å². The Morgan fingerprint density at radius 2 is 1.93 bits per heavy atom. The fourth-order valence-corrected chi connectivity index (χ4v) is 3.12. The maximum absolute atomic E-state index is 11.8. The molecule has 1 fully saturated rings. The van der Waals surface area contributed by atoms with Gasteiger partial charge in [-0.15, -0.1) is 24.0 Å². The summed E-state index contributed by atoms with van der Waals surface area (Å²) in [6.07, 6.45) is 6.26. The Bertz CT molecular complexity index is 597. The van der Waals surface area contributed by atoms with Crippen molar-refractivity contribution in [1.29, 1.82) is 0 Å². The number of halogens is 1. The van der Waals surface area contributed by atoms with Crippen LogP contribution >= 0.6 is 24.0 Å². The van der Waals surface area contributed by atoms with Crippen LogP contribution in [0.3, 0.4) is 0 Å². The van der Waals surface area contributed by atoms with Gasteiger partial charge in [0.25, 0.3) is 0 Å². The third-order valence-corrected chi connectivity index (χ3v) is 5.14. The number of nitrogens with one attached hydrogen (secondary N) is 3. The van der Waals surface area contributed by atoms with E-state index in [2.05, 4.69) is 39.9 Å². The second kappa shape index (κ2) is 13.8. The number of carbonyl (C=O) groups excluding carboxylic acids is 1. The molecule has 1 aromatic heterocycles. The first kappa shape index (κ1) is 24.7. The molecule has 0 spiro atoms. The Balaban J connectivity index is 0.00000392. The Hall–Kier alpha value is -1.32. The summed E-state index contributed by atoms with van der Waals surface area (Å²) in [5.74, 6) is 2.45. The summed E-state index contributed by atoms with van der Waals surface area (Å²) in [5, 5.41) is 13.7. The SMILES string of the molecule is CCNC(=NCc1cc(C(CC)CC)no1)NCCCNC(=O)C1CCC1.I. The molecule has 0 aliphatic heterocycles. The summed E-state index contributed by atoms with van der Waals surface area (Å²) >= 11 is 0. The summed E-state index contributed by atoms with van der Waals surface area (Å²) < 4.78 is 5.43. The molecule has 28 heavy (non-hydrogen) atoms. The molecular formula is C20H36IN5O2. The molecule has 0 aromatic carbocycles. The second-order valence-corrected chi connectivity index (χ2v) is 7.13. The first-order chi connectivity index (χ1) is 13.2. The van der Waals surface area contributed by atoms with Crippen LogP contribution in [0.25, 0.3) is 0 Å². The number of nitrogens with zero attached hydrogens (tertiary/aromatic N) is 2. The molecule has 0 radical (unpaired) electrons. The predicted molar refractivity (Wildman–Crippen MR) is 123 cm³/mol. The van der Waals surface area contributed by atoms with Crippen LogP contribution < -0.4 is 16.0 Å². The van der Waals surface area contributed by atoms with Gasteiger partial charge in [0.15, 0.2) is 11.7 Å². The van der Waals surface area contributed by atoms with Gasteiger partial charge in [0.1, 0.15) is 6.54 Å². The molecule has 1 amide bonds. The van der Waals surface area contributed by atoms with E-state index in [0.29, 0.717) is 19.0 Å². The van der Waals surface area contributed by atoms with Crippen molar-refractivity contribution >= 4 is 35.8 Å². The molecule has 1 aliphatic rings. The van der Waals surface area contributed by atoms with Gasteiger partial charge in [-0.2, -0.15) is 0 Å². The highest BCUT2D eigenvalue weighted by molar-refractivity contribution is 14.0. The second-order valence-electron chi connectivity index (χ2n) is 7.13. The van der Waals surface area contributed by atoms with Gasteiger partial charge < -0.3 is 20.5 Å². The minimum atomic E-state index is 0. The van der Waals surface area contributed by atoms with Crippen LogP contribution in [0.15, 0.2) is 15.6 Å². The Kier molecular flexibility index (Phi) is 12.2. The Morgan fingerprint density at radius 3 is 2.54 bits per heavy atom. The zero-order valence-corrected chi connectivity index (χ0v) is 19.8. The maximum Gasteiger partial charge on any atom is 0.223 e. The van der Waals surface area contributed by atoms with Crippen LogP contribution in [0.2, 0.25) is 0 Å². The van der Waals surface area contributed by atoms with E-state index < -0.39 is 0 Å². The average molecular weight is 505 g/mol. The smallest absolute Gasteiger partial charge is 0.223 e. The number of amides is 1. The quantitative estimate of drug-likeness (QED) is 0.185. The van der Waals surface area contributed by atoms with Gasteiger partial charge >= 0.3 is 0 Å². The summed E-state index contributed by atoms with van der Waals surface area (Å²) in [4.78, 5) is 16.4. The van der Waals surface area contributed by atoms with Crippen molar-refractivity contribution in [3.8, 4) is 0 Å². The maximum atomic E-state index is 11.8. The predicted octanol–water partition coefficient (Wildman–Crippen LogP) is 3.56. The van der Waals surface area contributed by atoms with Crippen LogP contribution in [-0.4, -0.2) is 36.7 Å². The lowest BCUT2D eigenvalue weighted by Crippen LogP contribution is -2.39. The van der Waals surface area contributed by atoms with Crippen molar-refractivity contribution < 1.29 is 9.32 Å². The highest BCUT2D eigenvalue weighted by Crippen LogP contribution is 2.26. The minimum Gasteiger partial charge on any atom is -0.359 e. The van der Waals surface area contributed by atoms with Crippen molar-refractivity contribution in [2.24, 2.45) is 10.9 Å². The first-order valence-electron chi connectivity index (χ1n) is 10.4. The third kappa shape index (κ3) is 7.97. The van der Waals surface area contributed by atoms with Gasteiger partial charge in [0.2, 0.25) is 5.91 Å². The molecule has 2 rings (SSSR count). The largest absolute Gasteiger partial charge is 0.359 e. The highest BCUT2D eigenvalue weighted by Gasteiger charge is 2.24. The molecule has 7 nitrogen and oxygen atoms in total. The number of hydrogen-bond acceptors (Lipinski definition) is 4. The molecule has 8 heteroatoms. The van der Waals surface area contributed by atoms with Crippen molar-refractivity contribution in [3.05, 3.63) is 17.5 Å². The molecule has 0 saturated heterocycles. The summed E-state index contributed by atoms with van der Waals surface area (Å²) in [6.45, 7) is 9.08. The normalized spacial score (nSPS) is 14.4. The highest BCUT2D eigenvalue weighted by atomic mass is 127. The number of carbonyl (C=O) groups is 1. The molecule has 0 bridgehead atoms. The molecule has 1 heterocycles. The fourth-order valence-electron chi connectivity index (χ4n) is 3.12. The van der Waals surface area contributed by atoms with Crippen molar-refractivity contribution in [2.45, 2.75) is 71.8 Å². The van der Waals surface area contributed by atoms with Crippen LogP contribution in [0.1, 0.15) is 76.7 Å². The van der Waals surface area contributed by atoms with E-state index in [1.165, 1.54) is 6.42 Å². The summed E-state index contributed by atoms with van der Waals surface area (Å²) in [6, 6.07) is 2.01. The zero-order valence-electron chi connectivity index (χ0n) is 17.4. The van der Waals surface area contributed by atoms with Crippen LogP contribution in [0.5, 0.6) is 0 Å². The number of rotatable bonds is 11. The Morgan fingerprint density at radius 1 is 1.21 bits per heavy atom. The van der Waals surface area contributed by atoms with E-state index in [1.54, 1.807) is 0 Å². The van der Waals surface area contributed by atoms with Gasteiger partial charge in [-0.05, 0) is 39.0 Å². The van der Waals surface area contributed by atoms with E-state index in [1.807, 2.05) is 13.0 Å². The summed E-state index contributed by atoms with van der Waals surface area (Å²) in [5.41, 5.74) is 1.02. The lowest BCUT2D eigenvalue weighted by Gasteiger charge is -2.24. The zero-order chi connectivity index (χ0) is 19.5. The molecule has 1 aliphatic carbocycles. The van der Waals surface area contributed by atoms with Gasteiger partial charge in [-0.25, -0.2) is 4.99 Å². The number of aliphatic imine (C=N–C) groups is 1. The lowest BCUT2D eigenvalue weighted by molar-refractivity contribution is -0.127. The standard InChI is InChI=1S/C20H35N5O2.HI/c1-4-15(5-2)18-13-17(27-25-18)14-24-20(21-6-3)23-12-8-11-22-19(26)16-9-7-10-16;/h13,15-16H,4-12,14H2,1-3H3,(H,22,26)(H2,21,23,24);1H. The number of aromatic nitrogens is 1. The molecule has 0 unspecified atom stereocenters. The summed E-state index contributed by atoms with van der Waals surface area (Å²) in [7, 11) is 0. The molecule has 1 aromatic rings. The van der Waals surface area contributed by atoms with E-state index in [4.69, 9.17) is 4.52 Å². The van der Waals surface area contributed by atoms with E-state index in [9.17, 15) is 4.79 Å². The molecular weight excluding hydrogens is 469 g/mol.